The quantitative estimate of drug-likeness (QED) is 0.430. The standard InChI is InChI=1S/C12H13BrN6O3/c1-2-21-11(20)7-22-10-4-3-9(13)5-8(10)6-14-15-12-16-18-19-17-12/h3-6H,2,7H2,1H3,(H2,15,16,17,18,19). The maximum atomic E-state index is 11.3. The van der Waals surface area contributed by atoms with Gasteiger partial charge < -0.3 is 9.47 Å². The molecule has 0 atom stereocenters. The summed E-state index contributed by atoms with van der Waals surface area (Å²) in [5.41, 5.74) is 3.26. The van der Waals surface area contributed by atoms with Gasteiger partial charge in [-0.1, -0.05) is 21.0 Å². The molecule has 0 radical (unpaired) electrons. The van der Waals surface area contributed by atoms with Crippen molar-refractivity contribution in [2.45, 2.75) is 6.92 Å². The number of halogens is 1. The molecular weight excluding hydrogens is 356 g/mol. The average molecular weight is 369 g/mol. The second-order valence-corrected chi connectivity index (χ2v) is 4.80. The van der Waals surface area contributed by atoms with Crippen molar-refractivity contribution in [1.82, 2.24) is 20.6 Å². The molecule has 0 bridgehead atoms. The molecule has 0 aliphatic carbocycles. The third kappa shape index (κ3) is 4.81. The number of aromatic nitrogens is 4. The summed E-state index contributed by atoms with van der Waals surface area (Å²) in [6.45, 7) is 1.87. The Morgan fingerprint density at radius 1 is 1.55 bits per heavy atom. The van der Waals surface area contributed by atoms with Crippen LogP contribution in [0.25, 0.3) is 0 Å². The molecule has 0 saturated heterocycles. The van der Waals surface area contributed by atoms with E-state index in [2.05, 4.69) is 47.1 Å². The number of hydrogen-bond donors (Lipinski definition) is 2. The van der Waals surface area contributed by atoms with Crippen LogP contribution in [-0.2, 0) is 9.53 Å². The smallest absolute Gasteiger partial charge is 0.344 e. The number of tetrazole rings is 1. The number of nitrogens with zero attached hydrogens (tertiary/aromatic N) is 4. The molecule has 0 spiro atoms. The third-order valence-electron chi connectivity index (χ3n) is 2.34. The highest BCUT2D eigenvalue weighted by atomic mass is 79.9. The van der Waals surface area contributed by atoms with Crippen LogP contribution >= 0.6 is 15.9 Å². The zero-order valence-electron chi connectivity index (χ0n) is 11.6. The Balaban J connectivity index is 2.03. The summed E-state index contributed by atoms with van der Waals surface area (Å²) in [6, 6.07) is 5.31. The van der Waals surface area contributed by atoms with Crippen LogP contribution in [0.4, 0.5) is 5.95 Å². The molecule has 1 aromatic carbocycles. The van der Waals surface area contributed by atoms with E-state index in [0.717, 1.165) is 4.47 Å². The normalized spacial score (nSPS) is 10.6. The molecule has 10 heteroatoms. The molecule has 0 saturated carbocycles. The van der Waals surface area contributed by atoms with E-state index in [0.29, 0.717) is 17.9 Å². The molecule has 2 N–H and O–H groups in total. The van der Waals surface area contributed by atoms with Crippen LogP contribution < -0.4 is 10.2 Å². The zero-order valence-corrected chi connectivity index (χ0v) is 13.2. The highest BCUT2D eigenvalue weighted by Gasteiger charge is 2.07. The molecule has 0 unspecified atom stereocenters. The van der Waals surface area contributed by atoms with Gasteiger partial charge in [-0.3, -0.25) is 0 Å². The zero-order chi connectivity index (χ0) is 15.8. The number of aromatic amines is 1. The lowest BCUT2D eigenvalue weighted by molar-refractivity contribution is -0.145. The lowest BCUT2D eigenvalue weighted by atomic mass is 10.2. The molecule has 2 rings (SSSR count). The summed E-state index contributed by atoms with van der Waals surface area (Å²) in [5, 5.41) is 17.0. The van der Waals surface area contributed by atoms with Crippen molar-refractivity contribution in [1.29, 1.82) is 0 Å². The number of carbonyl (C=O) groups is 1. The minimum absolute atomic E-state index is 0.172. The number of hydrazone groups is 1. The fourth-order valence-corrected chi connectivity index (χ4v) is 1.84. The van der Waals surface area contributed by atoms with E-state index < -0.39 is 5.97 Å². The van der Waals surface area contributed by atoms with Gasteiger partial charge in [0.25, 0.3) is 5.95 Å². The summed E-state index contributed by atoms with van der Waals surface area (Å²) < 4.78 is 11.1. The monoisotopic (exact) mass is 368 g/mol. The Hall–Kier alpha value is -2.49. The Labute approximate surface area is 134 Å². The first-order valence-corrected chi connectivity index (χ1v) is 7.09. The highest BCUT2D eigenvalue weighted by Crippen LogP contribution is 2.21. The molecule has 0 fully saturated rings. The van der Waals surface area contributed by atoms with Gasteiger partial charge >= 0.3 is 5.97 Å². The Bertz CT molecular complexity index is 646. The molecule has 22 heavy (non-hydrogen) atoms. The number of H-pyrrole nitrogens is 1. The minimum atomic E-state index is -0.432. The van der Waals surface area contributed by atoms with Gasteiger partial charge in [0.05, 0.1) is 12.8 Å². The van der Waals surface area contributed by atoms with Crippen LogP contribution in [0.15, 0.2) is 27.8 Å². The summed E-state index contributed by atoms with van der Waals surface area (Å²) in [7, 11) is 0. The van der Waals surface area contributed by atoms with Crippen molar-refractivity contribution >= 4 is 34.1 Å². The van der Waals surface area contributed by atoms with Gasteiger partial charge in [-0.15, -0.1) is 5.10 Å². The predicted molar refractivity (Wildman–Crippen MR) is 81.7 cm³/mol. The lowest BCUT2D eigenvalue weighted by Crippen LogP contribution is -2.15. The van der Waals surface area contributed by atoms with Crippen molar-refractivity contribution in [3.8, 4) is 5.75 Å². The maximum absolute atomic E-state index is 11.3. The summed E-state index contributed by atoms with van der Waals surface area (Å²) >= 11 is 3.36. The Morgan fingerprint density at radius 3 is 3.14 bits per heavy atom. The van der Waals surface area contributed by atoms with E-state index in [1.165, 1.54) is 6.21 Å². The molecular formula is C12H13BrN6O3. The number of nitrogens with one attached hydrogen (secondary N) is 2. The topological polar surface area (TPSA) is 114 Å². The van der Waals surface area contributed by atoms with Gasteiger partial charge in [-0.25, -0.2) is 10.2 Å². The fourth-order valence-electron chi connectivity index (χ4n) is 1.46. The van der Waals surface area contributed by atoms with E-state index in [-0.39, 0.29) is 12.6 Å². The van der Waals surface area contributed by atoms with Gasteiger partial charge in [0.1, 0.15) is 5.75 Å². The number of benzene rings is 1. The van der Waals surface area contributed by atoms with Crippen molar-refractivity contribution in [3.63, 3.8) is 0 Å². The molecule has 9 nitrogen and oxygen atoms in total. The van der Waals surface area contributed by atoms with Crippen LogP contribution in [0, 0.1) is 0 Å². The van der Waals surface area contributed by atoms with Crippen molar-refractivity contribution in [2.24, 2.45) is 5.10 Å². The van der Waals surface area contributed by atoms with Crippen LogP contribution in [0.3, 0.4) is 0 Å². The van der Waals surface area contributed by atoms with Gasteiger partial charge in [-0.05, 0) is 30.3 Å². The van der Waals surface area contributed by atoms with Crippen LogP contribution in [0.1, 0.15) is 12.5 Å². The van der Waals surface area contributed by atoms with E-state index in [4.69, 9.17) is 9.47 Å². The number of hydrogen-bond acceptors (Lipinski definition) is 8. The lowest BCUT2D eigenvalue weighted by Gasteiger charge is -2.08. The second kappa shape index (κ2) is 8.08. The minimum Gasteiger partial charge on any atom is -0.481 e. The molecule has 2 aromatic rings. The van der Waals surface area contributed by atoms with Gasteiger partial charge in [0, 0.05) is 10.0 Å². The van der Waals surface area contributed by atoms with Crippen molar-refractivity contribution in [2.75, 3.05) is 18.6 Å². The third-order valence-corrected chi connectivity index (χ3v) is 2.83. The number of rotatable bonds is 7. The highest BCUT2D eigenvalue weighted by molar-refractivity contribution is 9.10. The molecule has 0 aliphatic rings. The summed E-state index contributed by atoms with van der Waals surface area (Å²) in [6.07, 6.45) is 1.52. The number of ether oxygens (including phenoxy) is 2. The SMILES string of the molecule is CCOC(=O)COc1ccc(Br)cc1C=NNc1nn[nH]n1. The number of esters is 1. The van der Waals surface area contributed by atoms with Crippen LogP contribution in [0.5, 0.6) is 5.75 Å². The van der Waals surface area contributed by atoms with E-state index >= 15 is 0 Å². The Kier molecular flexibility index (Phi) is 5.83. The van der Waals surface area contributed by atoms with Gasteiger partial charge in [-0.2, -0.15) is 10.3 Å². The number of carbonyl (C=O) groups excluding carboxylic acids is 1. The first-order chi connectivity index (χ1) is 10.7. The van der Waals surface area contributed by atoms with Crippen LogP contribution in [0.2, 0.25) is 0 Å². The van der Waals surface area contributed by atoms with Crippen LogP contribution in [-0.4, -0.2) is 46.0 Å². The second-order valence-electron chi connectivity index (χ2n) is 3.88. The fraction of sp³-hybridized carbons (Fsp3) is 0.250. The van der Waals surface area contributed by atoms with E-state index in [1.54, 1.807) is 25.1 Å². The van der Waals surface area contributed by atoms with E-state index in [1.807, 2.05) is 0 Å². The first kappa shape index (κ1) is 15.9. The van der Waals surface area contributed by atoms with E-state index in [9.17, 15) is 4.79 Å². The predicted octanol–water partition coefficient (Wildman–Crippen LogP) is 1.35. The maximum Gasteiger partial charge on any atom is 0.344 e. The molecule has 1 heterocycles. The Morgan fingerprint density at radius 2 is 2.41 bits per heavy atom. The van der Waals surface area contributed by atoms with Gasteiger partial charge in [0.2, 0.25) is 0 Å². The van der Waals surface area contributed by atoms with Crippen molar-refractivity contribution in [3.05, 3.63) is 28.2 Å². The summed E-state index contributed by atoms with van der Waals surface area (Å²) in [4.78, 5) is 11.3. The summed E-state index contributed by atoms with van der Waals surface area (Å²) in [5.74, 6) is 0.299. The largest absolute Gasteiger partial charge is 0.481 e. The molecule has 116 valence electrons. The molecule has 0 amide bonds. The van der Waals surface area contributed by atoms with Gasteiger partial charge in [0.15, 0.2) is 6.61 Å². The number of anilines is 1. The average Bonchev–Trinajstić information content (AvgIpc) is 3.00. The first-order valence-electron chi connectivity index (χ1n) is 6.29. The van der Waals surface area contributed by atoms with Crippen molar-refractivity contribution < 1.29 is 14.3 Å². The molecule has 0 aliphatic heterocycles. The molecule has 1 aromatic heterocycles.